The van der Waals surface area contributed by atoms with Crippen molar-refractivity contribution in [2.45, 2.75) is 52.1 Å². The number of anilines is 2. The Hall–Kier alpha value is -4.67. The lowest BCUT2D eigenvalue weighted by molar-refractivity contribution is -0.144. The number of carbonyl (C=O) groups excluding carboxylic acids is 2. The zero-order chi connectivity index (χ0) is 32.4. The van der Waals surface area contributed by atoms with Crippen molar-refractivity contribution in [3.8, 4) is 0 Å². The van der Waals surface area contributed by atoms with Crippen molar-refractivity contribution in [1.82, 2.24) is 4.90 Å². The van der Waals surface area contributed by atoms with Gasteiger partial charge in [0.2, 0.25) is 0 Å². The minimum absolute atomic E-state index is 0.0372. The predicted molar refractivity (Wildman–Crippen MR) is 170 cm³/mol. The molecule has 2 N–H and O–H groups in total. The highest BCUT2D eigenvalue weighted by atomic mass is 35.5. The molecule has 3 aromatic carbocycles. The van der Waals surface area contributed by atoms with Gasteiger partial charge in [-0.05, 0) is 99.8 Å². The number of hydrogen-bond donors (Lipinski definition) is 2. The SMILES string of the molecule is Cc1ccccc1C(=O)Nc1ccc(C(=O)N2CCCC(C(C(=O)O)N(C)Cc3oc(=O)oc3C)c3cc(Cl)ccc32)c(C)c1. The number of nitrogens with one attached hydrogen (secondary N) is 1. The molecule has 1 aromatic heterocycles. The Labute approximate surface area is 265 Å². The number of nitrogens with zero attached hydrogens (tertiary/aromatic N) is 2. The first-order valence-corrected chi connectivity index (χ1v) is 14.9. The van der Waals surface area contributed by atoms with Crippen molar-refractivity contribution in [2.75, 3.05) is 23.8 Å². The Balaban J connectivity index is 1.43. The number of aliphatic carboxylic acids is 1. The Bertz CT molecular complexity index is 1830. The third-order valence-corrected chi connectivity index (χ3v) is 8.50. The first-order valence-electron chi connectivity index (χ1n) is 14.6. The lowest BCUT2D eigenvalue weighted by Crippen LogP contribution is -2.42. The molecule has 0 saturated heterocycles. The summed E-state index contributed by atoms with van der Waals surface area (Å²) < 4.78 is 10.1. The van der Waals surface area contributed by atoms with Crippen LogP contribution in [0.5, 0.6) is 0 Å². The fourth-order valence-corrected chi connectivity index (χ4v) is 6.20. The Morgan fingerprint density at radius 2 is 1.78 bits per heavy atom. The minimum atomic E-state index is -1.06. The van der Waals surface area contributed by atoms with Crippen LogP contribution < -0.4 is 16.0 Å². The van der Waals surface area contributed by atoms with Crippen LogP contribution in [0.3, 0.4) is 0 Å². The van der Waals surface area contributed by atoms with Crippen molar-refractivity contribution in [2.24, 2.45) is 0 Å². The predicted octanol–water partition coefficient (Wildman–Crippen LogP) is 6.17. The lowest BCUT2D eigenvalue weighted by Gasteiger charge is -2.32. The molecule has 0 fully saturated rings. The number of halogens is 1. The number of benzene rings is 3. The van der Waals surface area contributed by atoms with Gasteiger partial charge in [-0.3, -0.25) is 19.3 Å². The molecule has 2 unspecified atom stereocenters. The van der Waals surface area contributed by atoms with Crippen LogP contribution in [0.25, 0.3) is 0 Å². The summed E-state index contributed by atoms with van der Waals surface area (Å²) in [6.45, 7) is 5.66. The average molecular weight is 632 g/mol. The summed E-state index contributed by atoms with van der Waals surface area (Å²) in [6, 6.07) is 16.6. The maximum atomic E-state index is 14.1. The van der Waals surface area contributed by atoms with Gasteiger partial charge in [0.05, 0.1) is 6.54 Å². The molecule has 10 nitrogen and oxygen atoms in total. The van der Waals surface area contributed by atoms with E-state index in [1.54, 1.807) is 66.2 Å². The van der Waals surface area contributed by atoms with E-state index in [2.05, 4.69) is 5.32 Å². The second-order valence-corrected chi connectivity index (χ2v) is 11.8. The van der Waals surface area contributed by atoms with E-state index in [1.165, 1.54) is 0 Å². The summed E-state index contributed by atoms with van der Waals surface area (Å²) in [4.78, 5) is 54.5. The topological polar surface area (TPSA) is 133 Å². The van der Waals surface area contributed by atoms with E-state index in [9.17, 15) is 24.3 Å². The van der Waals surface area contributed by atoms with Crippen LogP contribution in [0, 0.1) is 20.8 Å². The normalized spacial score (nSPS) is 15.3. The van der Waals surface area contributed by atoms with Crippen LogP contribution in [0.15, 0.2) is 74.3 Å². The lowest BCUT2D eigenvalue weighted by atomic mass is 9.86. The van der Waals surface area contributed by atoms with Gasteiger partial charge < -0.3 is 24.2 Å². The molecule has 2 heterocycles. The average Bonchev–Trinajstić information content (AvgIpc) is 3.18. The van der Waals surface area contributed by atoms with Gasteiger partial charge in [-0.25, -0.2) is 4.79 Å². The van der Waals surface area contributed by atoms with E-state index < -0.39 is 23.8 Å². The van der Waals surface area contributed by atoms with Crippen molar-refractivity contribution in [3.05, 3.63) is 116 Å². The highest BCUT2D eigenvalue weighted by Gasteiger charge is 2.38. The molecule has 11 heteroatoms. The van der Waals surface area contributed by atoms with Crippen molar-refractivity contribution in [3.63, 3.8) is 0 Å². The number of amides is 2. The number of carboxylic acid groups (broad SMARTS) is 1. The highest BCUT2D eigenvalue weighted by Crippen LogP contribution is 2.40. The second kappa shape index (κ2) is 13.1. The third-order valence-electron chi connectivity index (χ3n) is 8.26. The second-order valence-electron chi connectivity index (χ2n) is 11.3. The van der Waals surface area contributed by atoms with Gasteiger partial charge in [0.25, 0.3) is 11.8 Å². The zero-order valence-corrected chi connectivity index (χ0v) is 26.2. The number of rotatable bonds is 8. The standard InChI is InChI=1S/C34H34ClN3O7/c1-19-8-5-6-9-24(19)31(39)36-23-12-13-25(20(2)16-23)32(40)38-15-7-10-26(27-17-22(35)11-14-28(27)38)30(33(41)42)37(4)18-29-21(3)44-34(43)45-29/h5-6,8-9,11-14,16-17,26,30H,7,10,15,18H2,1-4H3,(H,36,39)(H,41,42). The summed E-state index contributed by atoms with van der Waals surface area (Å²) in [7, 11) is 1.64. The maximum Gasteiger partial charge on any atom is 0.519 e. The van der Waals surface area contributed by atoms with Crippen molar-refractivity contribution in [1.29, 1.82) is 0 Å². The van der Waals surface area contributed by atoms with Gasteiger partial charge >= 0.3 is 11.8 Å². The van der Waals surface area contributed by atoms with Crippen LogP contribution in [0.2, 0.25) is 5.02 Å². The molecule has 2 atom stereocenters. The summed E-state index contributed by atoms with van der Waals surface area (Å²) in [5.41, 5.74) is 4.35. The van der Waals surface area contributed by atoms with Crippen LogP contribution in [0.1, 0.15) is 67.7 Å². The van der Waals surface area contributed by atoms with Crippen LogP contribution in [-0.4, -0.2) is 47.4 Å². The van der Waals surface area contributed by atoms with Crippen LogP contribution in [0.4, 0.5) is 11.4 Å². The smallest absolute Gasteiger partial charge is 0.480 e. The molecule has 0 radical (unpaired) electrons. The van der Waals surface area contributed by atoms with Gasteiger partial charge in [0.1, 0.15) is 11.8 Å². The Morgan fingerprint density at radius 1 is 1.02 bits per heavy atom. The molecule has 45 heavy (non-hydrogen) atoms. The third kappa shape index (κ3) is 6.72. The summed E-state index contributed by atoms with van der Waals surface area (Å²) >= 11 is 6.43. The first kappa shape index (κ1) is 31.7. The summed E-state index contributed by atoms with van der Waals surface area (Å²) in [5.74, 6) is -2.38. The number of aryl methyl sites for hydroxylation is 3. The zero-order valence-electron chi connectivity index (χ0n) is 25.4. The number of hydrogen-bond acceptors (Lipinski definition) is 7. The molecule has 0 saturated carbocycles. The van der Waals surface area contributed by atoms with Gasteiger partial charge in [-0.15, -0.1) is 0 Å². The Kier molecular flexibility index (Phi) is 9.27. The largest absolute Gasteiger partial charge is 0.519 e. The molecular formula is C34H34ClN3O7. The van der Waals surface area contributed by atoms with Gasteiger partial charge in [0, 0.05) is 40.0 Å². The number of carbonyl (C=O) groups is 3. The summed E-state index contributed by atoms with van der Waals surface area (Å²) in [6.07, 6.45) is 0.999. The van der Waals surface area contributed by atoms with Gasteiger partial charge in [0.15, 0.2) is 5.76 Å². The van der Waals surface area contributed by atoms with E-state index in [0.717, 1.165) is 5.56 Å². The number of fused-ring (bicyclic) bond motifs is 1. The molecule has 0 spiro atoms. The van der Waals surface area contributed by atoms with E-state index in [0.29, 0.717) is 58.0 Å². The fraction of sp³-hybridized carbons (Fsp3) is 0.294. The molecule has 1 aliphatic rings. The molecule has 0 aliphatic carbocycles. The first-order chi connectivity index (χ1) is 21.4. The van der Waals surface area contributed by atoms with E-state index in [-0.39, 0.29) is 29.9 Å². The van der Waals surface area contributed by atoms with Crippen LogP contribution in [-0.2, 0) is 11.3 Å². The maximum absolute atomic E-state index is 14.1. The van der Waals surface area contributed by atoms with E-state index in [4.69, 9.17) is 20.4 Å². The monoisotopic (exact) mass is 631 g/mol. The molecule has 234 valence electrons. The van der Waals surface area contributed by atoms with Gasteiger partial charge in [-0.2, -0.15) is 0 Å². The van der Waals surface area contributed by atoms with Crippen molar-refractivity contribution >= 4 is 40.8 Å². The van der Waals surface area contributed by atoms with E-state index >= 15 is 0 Å². The fourth-order valence-electron chi connectivity index (χ4n) is 6.02. The molecule has 0 bridgehead atoms. The minimum Gasteiger partial charge on any atom is -0.480 e. The van der Waals surface area contributed by atoms with E-state index in [1.807, 2.05) is 32.0 Å². The number of carboxylic acids is 1. The quantitative estimate of drug-likeness (QED) is 0.236. The molecular weight excluding hydrogens is 598 g/mol. The molecule has 5 rings (SSSR count). The van der Waals surface area contributed by atoms with Crippen LogP contribution >= 0.6 is 11.6 Å². The molecule has 2 amide bonds. The molecule has 1 aliphatic heterocycles. The van der Waals surface area contributed by atoms with Crippen molar-refractivity contribution < 1.29 is 28.3 Å². The highest BCUT2D eigenvalue weighted by molar-refractivity contribution is 6.30. The summed E-state index contributed by atoms with van der Waals surface area (Å²) in [5, 5.41) is 13.7. The molecule has 4 aromatic rings. The van der Waals surface area contributed by atoms with Gasteiger partial charge in [-0.1, -0.05) is 29.8 Å². The Morgan fingerprint density at radius 3 is 2.44 bits per heavy atom. The number of likely N-dealkylation sites (N-methyl/N-ethyl adjacent to an activating group) is 1.